The number of halogens is 4. The van der Waals surface area contributed by atoms with Gasteiger partial charge in [-0.25, -0.2) is 32.2 Å². The monoisotopic (exact) mass is 563 g/mol. The van der Waals surface area contributed by atoms with E-state index in [1.54, 1.807) is 25.2 Å². The second kappa shape index (κ2) is 10.6. The largest absolute Gasteiger partial charge is 0.481 e. The molecule has 0 amide bonds. The van der Waals surface area contributed by atoms with Gasteiger partial charge in [0, 0.05) is 45.0 Å². The van der Waals surface area contributed by atoms with E-state index in [2.05, 4.69) is 20.3 Å². The van der Waals surface area contributed by atoms with Gasteiger partial charge in [0.2, 0.25) is 5.92 Å². The number of anilines is 1. The number of carbonyl (C=O) groups is 1. The average molecular weight is 564 g/mol. The van der Waals surface area contributed by atoms with Gasteiger partial charge < -0.3 is 14.7 Å². The predicted molar refractivity (Wildman–Crippen MR) is 134 cm³/mol. The maximum absolute atomic E-state index is 14.5. The second-order valence-corrected chi connectivity index (χ2v) is 10.4. The van der Waals surface area contributed by atoms with Gasteiger partial charge in [0.1, 0.15) is 18.0 Å². The van der Waals surface area contributed by atoms with Gasteiger partial charge in [-0.15, -0.1) is 5.10 Å². The van der Waals surface area contributed by atoms with Gasteiger partial charge >= 0.3 is 12.0 Å². The van der Waals surface area contributed by atoms with Gasteiger partial charge in [-0.1, -0.05) is 12.1 Å². The number of aliphatic carboxylic acids is 1. The molecule has 0 bridgehead atoms. The van der Waals surface area contributed by atoms with Gasteiger partial charge in [-0.3, -0.25) is 4.79 Å². The fraction of sp³-hybridized carbons (Fsp3) is 0.538. The van der Waals surface area contributed by atoms with E-state index >= 15 is 0 Å². The molecule has 214 valence electrons. The molecule has 2 fully saturated rings. The van der Waals surface area contributed by atoms with Crippen molar-refractivity contribution in [3.63, 3.8) is 0 Å². The molecule has 0 spiro atoms. The molecule has 1 aliphatic heterocycles. The lowest BCUT2D eigenvalue weighted by Crippen LogP contribution is -2.48. The number of carboxylic acid groups (broad SMARTS) is 1. The number of alkyl halides is 4. The Hall–Kier alpha value is -3.84. The van der Waals surface area contributed by atoms with Crippen molar-refractivity contribution >= 4 is 11.7 Å². The third-order valence-electron chi connectivity index (χ3n) is 7.26. The summed E-state index contributed by atoms with van der Waals surface area (Å²) in [6, 6.07) is 5.00. The van der Waals surface area contributed by atoms with Crippen molar-refractivity contribution in [3.05, 3.63) is 41.5 Å². The predicted octanol–water partition coefficient (Wildman–Crippen LogP) is 4.26. The molecule has 0 unspecified atom stereocenters. The van der Waals surface area contributed by atoms with Gasteiger partial charge in [0.15, 0.2) is 0 Å². The molecule has 5 rings (SSSR count). The first-order valence-corrected chi connectivity index (χ1v) is 13.0. The third kappa shape index (κ3) is 5.99. The van der Waals surface area contributed by atoms with Crippen LogP contribution in [0, 0.1) is 5.92 Å². The minimum absolute atomic E-state index is 0.0246. The Labute approximate surface area is 227 Å². The van der Waals surface area contributed by atoms with Crippen molar-refractivity contribution in [2.24, 2.45) is 13.0 Å². The fourth-order valence-corrected chi connectivity index (χ4v) is 5.34. The van der Waals surface area contributed by atoms with Crippen molar-refractivity contribution in [2.75, 3.05) is 18.0 Å². The topological polar surface area (TPSA) is 119 Å². The molecule has 1 N–H and O–H groups in total. The number of aryl methyl sites for hydroxylation is 2. The molecule has 3 aromatic heterocycles. The van der Waals surface area contributed by atoms with Crippen molar-refractivity contribution in [3.8, 4) is 17.4 Å². The minimum Gasteiger partial charge on any atom is -0.481 e. The van der Waals surface area contributed by atoms with E-state index in [4.69, 9.17) is 14.8 Å². The molecule has 0 radical (unpaired) electrons. The van der Waals surface area contributed by atoms with Crippen molar-refractivity contribution in [1.82, 2.24) is 29.9 Å². The molecule has 1 atom stereocenters. The lowest BCUT2D eigenvalue weighted by atomic mass is 9.79. The number of nitrogens with zero attached hydrogens (tertiary/aromatic N) is 7. The van der Waals surface area contributed by atoms with Crippen LogP contribution in [0.3, 0.4) is 0 Å². The van der Waals surface area contributed by atoms with Crippen LogP contribution in [0.15, 0.2) is 24.4 Å². The van der Waals surface area contributed by atoms with Crippen LogP contribution in [0.2, 0.25) is 0 Å². The Morgan fingerprint density at radius 1 is 1.12 bits per heavy atom. The maximum atomic E-state index is 14.5. The van der Waals surface area contributed by atoms with Crippen LogP contribution in [-0.4, -0.2) is 66.0 Å². The minimum atomic E-state index is -3.02. The van der Waals surface area contributed by atoms with E-state index in [9.17, 15) is 22.4 Å². The van der Waals surface area contributed by atoms with Crippen LogP contribution >= 0.6 is 0 Å². The number of rotatable bonds is 9. The Morgan fingerprint density at radius 3 is 2.60 bits per heavy atom. The van der Waals surface area contributed by atoms with Gasteiger partial charge in [-0.05, 0) is 30.5 Å². The molecule has 1 saturated carbocycles. The van der Waals surface area contributed by atoms with E-state index < -0.39 is 36.7 Å². The molecule has 3 aromatic rings. The summed E-state index contributed by atoms with van der Waals surface area (Å²) in [6.07, 6.45) is 0.608. The normalized spacial score (nSPS) is 20.2. The lowest BCUT2D eigenvalue weighted by Gasteiger charge is -2.39. The smallest absolute Gasteiger partial charge is 0.316 e. The van der Waals surface area contributed by atoms with Crippen molar-refractivity contribution < 1.29 is 32.2 Å². The number of aromatic nitrogens is 6. The Kier molecular flexibility index (Phi) is 7.36. The standard InChI is InChI=1S/C26H29F4N7O3/c1-3-17-20(37-12-15(8-22(38)39)9-26(29,30)14-37)5-4-19(32-17)23-21(36(2)35-34-23)13-40-24-31-7-6-18(33-24)16-10-25(27,28)11-16/h4-7,15-16H,3,8-14H2,1-2H3,(H,38,39)/t15-/m0/s1. The quantitative estimate of drug-likeness (QED) is 0.381. The summed E-state index contributed by atoms with van der Waals surface area (Å²) in [6.45, 7) is 1.51. The third-order valence-corrected chi connectivity index (χ3v) is 7.26. The summed E-state index contributed by atoms with van der Waals surface area (Å²) in [7, 11) is 1.68. The lowest BCUT2D eigenvalue weighted by molar-refractivity contribution is -0.139. The molecule has 40 heavy (non-hydrogen) atoms. The summed E-state index contributed by atoms with van der Waals surface area (Å²) < 4.78 is 62.8. The number of pyridine rings is 1. The van der Waals surface area contributed by atoms with E-state index in [0.29, 0.717) is 40.6 Å². The van der Waals surface area contributed by atoms with Crippen LogP contribution in [0.4, 0.5) is 23.2 Å². The zero-order valence-electron chi connectivity index (χ0n) is 22.0. The van der Waals surface area contributed by atoms with Crippen LogP contribution in [0.25, 0.3) is 11.4 Å². The summed E-state index contributed by atoms with van der Waals surface area (Å²) in [4.78, 5) is 25.7. The highest BCUT2D eigenvalue weighted by Gasteiger charge is 2.46. The van der Waals surface area contributed by atoms with Crippen molar-refractivity contribution in [1.29, 1.82) is 0 Å². The van der Waals surface area contributed by atoms with Crippen LogP contribution < -0.4 is 9.64 Å². The second-order valence-electron chi connectivity index (χ2n) is 10.4. The van der Waals surface area contributed by atoms with Gasteiger partial charge in [0.05, 0.1) is 35.7 Å². The molecule has 1 saturated heterocycles. The van der Waals surface area contributed by atoms with E-state index in [-0.39, 0.29) is 44.3 Å². The number of hydrogen-bond donors (Lipinski definition) is 1. The summed E-state index contributed by atoms with van der Waals surface area (Å²) in [5.74, 6) is -7.82. The number of piperidine rings is 1. The van der Waals surface area contributed by atoms with Crippen LogP contribution in [0.5, 0.6) is 6.01 Å². The van der Waals surface area contributed by atoms with Gasteiger partial charge in [-0.2, -0.15) is 4.98 Å². The Bertz CT molecular complexity index is 1390. The Balaban J connectivity index is 1.34. The highest BCUT2D eigenvalue weighted by Crippen LogP contribution is 2.47. The van der Waals surface area contributed by atoms with Crippen LogP contribution in [-0.2, 0) is 24.9 Å². The number of ether oxygens (including phenoxy) is 1. The molecule has 2 aliphatic rings. The molecule has 4 heterocycles. The molecule has 1 aliphatic carbocycles. The first-order chi connectivity index (χ1) is 18.9. The Morgan fingerprint density at radius 2 is 1.90 bits per heavy atom. The number of carboxylic acids is 1. The van der Waals surface area contributed by atoms with Crippen molar-refractivity contribution in [2.45, 2.75) is 63.4 Å². The zero-order valence-corrected chi connectivity index (χ0v) is 22.0. The fourth-order valence-electron chi connectivity index (χ4n) is 5.34. The maximum Gasteiger partial charge on any atom is 0.316 e. The molecule has 10 nitrogen and oxygen atoms in total. The SMILES string of the molecule is CCc1nc(-c2nnn(C)c2COc2nccc(C3CC(F)(F)C3)n2)ccc1N1C[C@@H](CC(=O)O)CC(F)(F)C1. The summed E-state index contributed by atoms with van der Waals surface area (Å²) >= 11 is 0. The highest BCUT2D eigenvalue weighted by molar-refractivity contribution is 5.67. The van der Waals surface area contributed by atoms with Gasteiger partial charge in [0.25, 0.3) is 5.92 Å². The van der Waals surface area contributed by atoms with E-state index in [1.807, 2.05) is 6.92 Å². The molecule has 0 aromatic carbocycles. The first-order valence-electron chi connectivity index (χ1n) is 13.0. The molecular formula is C26H29F4N7O3. The first kappa shape index (κ1) is 27.7. The molecule has 14 heteroatoms. The zero-order chi connectivity index (χ0) is 28.7. The number of hydrogen-bond acceptors (Lipinski definition) is 8. The molecular weight excluding hydrogens is 534 g/mol. The summed E-state index contributed by atoms with van der Waals surface area (Å²) in [5, 5.41) is 17.4. The highest BCUT2D eigenvalue weighted by atomic mass is 19.3. The summed E-state index contributed by atoms with van der Waals surface area (Å²) in [5.41, 5.74) is 3.02. The van der Waals surface area contributed by atoms with E-state index in [1.165, 1.54) is 15.8 Å². The van der Waals surface area contributed by atoms with Crippen LogP contribution in [0.1, 0.15) is 55.6 Å². The van der Waals surface area contributed by atoms with E-state index in [0.717, 1.165) is 0 Å². The average Bonchev–Trinajstić information content (AvgIpc) is 3.24.